The number of fused-ring (bicyclic) bond motifs is 1. The lowest BCUT2D eigenvalue weighted by Gasteiger charge is -2.43. The molecule has 1 aliphatic heterocycles. The molecule has 4 nitrogen and oxygen atoms in total. The van der Waals surface area contributed by atoms with E-state index < -0.39 is 0 Å². The molecular weight excluding hydrogens is 322 g/mol. The van der Waals surface area contributed by atoms with Gasteiger partial charge in [0.1, 0.15) is 0 Å². The molecule has 1 unspecified atom stereocenters. The number of hydrogen-bond acceptors (Lipinski definition) is 2. The van der Waals surface area contributed by atoms with Gasteiger partial charge in [0.05, 0.1) is 0 Å². The maximum atomic E-state index is 12.3. The SMILES string of the molecule is CC1CCCN(C(C)(C)CNC(=O)CCCc2c[nH]c3ccccc23)C1. The number of para-hydroxylation sites is 1. The van der Waals surface area contributed by atoms with Crippen LogP contribution in [-0.2, 0) is 11.2 Å². The Balaban J connectivity index is 1.42. The van der Waals surface area contributed by atoms with Gasteiger partial charge in [0.2, 0.25) is 5.91 Å². The zero-order valence-electron chi connectivity index (χ0n) is 16.5. The molecule has 0 spiro atoms. The van der Waals surface area contributed by atoms with Crippen LogP contribution in [0.3, 0.4) is 0 Å². The molecule has 0 radical (unpaired) electrons. The number of piperidine rings is 1. The van der Waals surface area contributed by atoms with E-state index in [1.807, 2.05) is 6.07 Å². The monoisotopic (exact) mass is 355 g/mol. The van der Waals surface area contributed by atoms with Crippen molar-refractivity contribution in [1.82, 2.24) is 15.2 Å². The van der Waals surface area contributed by atoms with Crippen LogP contribution >= 0.6 is 0 Å². The number of likely N-dealkylation sites (tertiary alicyclic amines) is 1. The van der Waals surface area contributed by atoms with Crippen molar-refractivity contribution in [1.29, 1.82) is 0 Å². The van der Waals surface area contributed by atoms with Crippen molar-refractivity contribution in [2.24, 2.45) is 5.92 Å². The molecule has 2 N–H and O–H groups in total. The molecule has 2 heterocycles. The lowest BCUT2D eigenvalue weighted by molar-refractivity contribution is -0.121. The third-order valence-corrected chi connectivity index (χ3v) is 5.76. The topological polar surface area (TPSA) is 48.1 Å². The zero-order valence-corrected chi connectivity index (χ0v) is 16.5. The number of nitrogens with zero attached hydrogens (tertiary/aromatic N) is 1. The largest absolute Gasteiger partial charge is 0.361 e. The Hall–Kier alpha value is -1.81. The molecule has 1 fully saturated rings. The van der Waals surface area contributed by atoms with Crippen LogP contribution in [0.1, 0.15) is 52.0 Å². The van der Waals surface area contributed by atoms with E-state index in [4.69, 9.17) is 0 Å². The van der Waals surface area contributed by atoms with Gasteiger partial charge in [-0.25, -0.2) is 0 Å². The van der Waals surface area contributed by atoms with E-state index >= 15 is 0 Å². The highest BCUT2D eigenvalue weighted by atomic mass is 16.1. The van der Waals surface area contributed by atoms with Crippen molar-refractivity contribution in [2.75, 3.05) is 19.6 Å². The minimum Gasteiger partial charge on any atom is -0.361 e. The van der Waals surface area contributed by atoms with Crippen LogP contribution < -0.4 is 5.32 Å². The van der Waals surface area contributed by atoms with Gasteiger partial charge in [0.15, 0.2) is 0 Å². The Morgan fingerprint density at radius 2 is 2.15 bits per heavy atom. The average Bonchev–Trinajstić information content (AvgIpc) is 3.03. The molecule has 26 heavy (non-hydrogen) atoms. The minimum atomic E-state index is 0.0289. The van der Waals surface area contributed by atoms with E-state index in [0.29, 0.717) is 6.42 Å². The fraction of sp³-hybridized carbons (Fsp3) is 0.591. The predicted molar refractivity (Wildman–Crippen MR) is 108 cm³/mol. The Kier molecular flexibility index (Phi) is 6.02. The number of carbonyl (C=O) groups excluding carboxylic acids is 1. The molecule has 1 atom stereocenters. The van der Waals surface area contributed by atoms with Crippen LogP contribution in [0.25, 0.3) is 10.9 Å². The summed E-state index contributed by atoms with van der Waals surface area (Å²) in [7, 11) is 0. The summed E-state index contributed by atoms with van der Waals surface area (Å²) in [6, 6.07) is 8.34. The lowest BCUT2D eigenvalue weighted by Crippen LogP contribution is -2.54. The van der Waals surface area contributed by atoms with Gasteiger partial charge in [-0.1, -0.05) is 25.1 Å². The fourth-order valence-electron chi connectivity index (χ4n) is 4.03. The molecule has 0 aliphatic carbocycles. The maximum absolute atomic E-state index is 12.3. The fourth-order valence-corrected chi connectivity index (χ4v) is 4.03. The van der Waals surface area contributed by atoms with Crippen LogP contribution in [0.2, 0.25) is 0 Å². The van der Waals surface area contributed by atoms with Gasteiger partial charge >= 0.3 is 0 Å². The van der Waals surface area contributed by atoms with Crippen molar-refractivity contribution in [3.05, 3.63) is 36.0 Å². The summed E-state index contributed by atoms with van der Waals surface area (Å²) in [5, 5.41) is 4.44. The minimum absolute atomic E-state index is 0.0289. The van der Waals surface area contributed by atoms with Gasteiger partial charge in [0, 0.05) is 42.1 Å². The first kappa shape index (κ1) is 19.0. The zero-order chi connectivity index (χ0) is 18.6. The molecule has 1 amide bonds. The Morgan fingerprint density at radius 3 is 2.96 bits per heavy atom. The molecule has 2 aromatic rings. The van der Waals surface area contributed by atoms with Crippen molar-refractivity contribution in [3.63, 3.8) is 0 Å². The van der Waals surface area contributed by atoms with Crippen molar-refractivity contribution < 1.29 is 4.79 Å². The van der Waals surface area contributed by atoms with E-state index in [1.54, 1.807) is 0 Å². The molecule has 1 aromatic carbocycles. The van der Waals surface area contributed by atoms with E-state index in [0.717, 1.165) is 38.4 Å². The van der Waals surface area contributed by atoms with Gasteiger partial charge < -0.3 is 10.3 Å². The third-order valence-electron chi connectivity index (χ3n) is 5.76. The molecule has 4 heteroatoms. The van der Waals surface area contributed by atoms with E-state index in [-0.39, 0.29) is 11.4 Å². The Bertz CT molecular complexity index is 734. The number of aromatic amines is 1. The molecule has 0 saturated carbocycles. The predicted octanol–water partition coefficient (Wildman–Crippen LogP) is 4.12. The molecule has 142 valence electrons. The number of aryl methyl sites for hydroxylation is 1. The standard InChI is InChI=1S/C22H33N3O/c1-17-8-7-13-25(15-17)22(2,3)16-24-21(26)12-6-9-18-14-23-20-11-5-4-10-19(18)20/h4-5,10-11,14,17,23H,6-9,12-13,15-16H2,1-3H3,(H,24,26). The van der Waals surface area contributed by atoms with E-state index in [1.165, 1.54) is 29.3 Å². The maximum Gasteiger partial charge on any atom is 0.220 e. The van der Waals surface area contributed by atoms with Crippen molar-refractivity contribution in [3.8, 4) is 0 Å². The van der Waals surface area contributed by atoms with Gasteiger partial charge in [0.25, 0.3) is 0 Å². The second-order valence-electron chi connectivity index (χ2n) is 8.50. The summed E-state index contributed by atoms with van der Waals surface area (Å²) in [5.74, 6) is 0.929. The van der Waals surface area contributed by atoms with Gasteiger partial charge in [-0.3, -0.25) is 9.69 Å². The Morgan fingerprint density at radius 1 is 1.35 bits per heavy atom. The lowest BCUT2D eigenvalue weighted by atomic mass is 9.93. The van der Waals surface area contributed by atoms with Crippen LogP contribution in [0.5, 0.6) is 0 Å². The van der Waals surface area contributed by atoms with Gasteiger partial charge in [-0.15, -0.1) is 0 Å². The summed E-state index contributed by atoms with van der Waals surface area (Å²) in [6.45, 7) is 9.84. The highest BCUT2D eigenvalue weighted by Gasteiger charge is 2.30. The van der Waals surface area contributed by atoms with Crippen molar-refractivity contribution >= 4 is 16.8 Å². The van der Waals surface area contributed by atoms with Crippen LogP contribution in [-0.4, -0.2) is 41.0 Å². The summed E-state index contributed by atoms with van der Waals surface area (Å²) >= 11 is 0. The quantitative estimate of drug-likeness (QED) is 0.785. The number of nitrogens with one attached hydrogen (secondary N) is 2. The summed E-state index contributed by atoms with van der Waals surface area (Å²) in [6.07, 6.45) is 7.07. The number of hydrogen-bond donors (Lipinski definition) is 2. The first-order valence-corrected chi connectivity index (χ1v) is 10.0. The summed E-state index contributed by atoms with van der Waals surface area (Å²) in [4.78, 5) is 18.1. The summed E-state index contributed by atoms with van der Waals surface area (Å²) < 4.78 is 0. The molecular formula is C22H33N3O. The number of benzene rings is 1. The average molecular weight is 356 g/mol. The highest BCUT2D eigenvalue weighted by molar-refractivity contribution is 5.83. The molecule has 1 aromatic heterocycles. The van der Waals surface area contributed by atoms with Crippen LogP contribution in [0.4, 0.5) is 0 Å². The second kappa shape index (κ2) is 8.26. The van der Waals surface area contributed by atoms with Gasteiger partial charge in [-0.2, -0.15) is 0 Å². The molecule has 0 bridgehead atoms. The van der Waals surface area contributed by atoms with E-state index in [9.17, 15) is 4.79 Å². The molecule has 3 rings (SSSR count). The van der Waals surface area contributed by atoms with Crippen LogP contribution in [0, 0.1) is 5.92 Å². The number of H-pyrrole nitrogens is 1. The first-order chi connectivity index (χ1) is 12.5. The normalized spacial score (nSPS) is 19.0. The summed E-state index contributed by atoms with van der Waals surface area (Å²) in [5.41, 5.74) is 2.50. The highest BCUT2D eigenvalue weighted by Crippen LogP contribution is 2.23. The van der Waals surface area contributed by atoms with Crippen molar-refractivity contribution in [2.45, 2.75) is 58.4 Å². The van der Waals surface area contributed by atoms with Gasteiger partial charge in [-0.05, 0) is 63.6 Å². The number of amides is 1. The molecule has 1 aliphatic rings. The Labute approximate surface area is 157 Å². The number of rotatable bonds is 7. The second-order valence-corrected chi connectivity index (χ2v) is 8.50. The number of carbonyl (C=O) groups is 1. The number of aromatic nitrogens is 1. The third kappa shape index (κ3) is 4.67. The van der Waals surface area contributed by atoms with E-state index in [2.05, 4.69) is 60.4 Å². The smallest absolute Gasteiger partial charge is 0.220 e. The van der Waals surface area contributed by atoms with Crippen LogP contribution in [0.15, 0.2) is 30.5 Å². The first-order valence-electron chi connectivity index (χ1n) is 10.0. The molecule has 1 saturated heterocycles.